The van der Waals surface area contributed by atoms with Crippen LogP contribution in [-0.2, 0) is 26.2 Å². The van der Waals surface area contributed by atoms with E-state index in [1.165, 1.54) is 17.0 Å². The molecule has 0 spiro atoms. The van der Waals surface area contributed by atoms with Crippen molar-refractivity contribution in [2.24, 2.45) is 36.1 Å². The molecular weight excluding hydrogens is 775 g/mol. The lowest BCUT2D eigenvalue weighted by Gasteiger charge is -2.49. The summed E-state index contributed by atoms with van der Waals surface area (Å²) in [5, 5.41) is 38.5. The van der Waals surface area contributed by atoms with Gasteiger partial charge in [-0.15, -0.1) is 11.3 Å². The predicted molar refractivity (Wildman–Crippen MR) is 223 cm³/mol. The number of imide groups is 2. The number of allylic oxidation sites excluding steroid dienone is 2. The van der Waals surface area contributed by atoms with Crippen molar-refractivity contribution < 1.29 is 34.3 Å². The van der Waals surface area contributed by atoms with Gasteiger partial charge in [-0.05, 0) is 96.4 Å². The van der Waals surface area contributed by atoms with Crippen LogP contribution in [0.5, 0.6) is 5.75 Å². The highest BCUT2D eigenvalue weighted by Gasteiger charge is 2.68. The van der Waals surface area contributed by atoms with Crippen molar-refractivity contribution in [3.8, 4) is 16.3 Å². The number of carbonyl (C=O) groups is 4. The highest BCUT2D eigenvalue weighted by Crippen LogP contribution is 2.64. The van der Waals surface area contributed by atoms with Crippen molar-refractivity contribution in [2.75, 3.05) is 9.80 Å². The molecule has 2 saturated heterocycles. The standard InChI is InChI=1S/C44H36BClN4O7S/c1-21-30-18-23(46)11-16-35(30)58-39(21)33-20-36(48(3)47-33)50-41(53)32-19-31-28(38(44(32,2)43(50)55)27-14-15-34(51)26-10-5-4-9-25(26)27)12-13-29-37(31)42(54)49(40(29)52)24-8-6-7-22(17-24)45(56)57/h4-12,14-18,20,29,31-32,37-38,51,56-57H,13,19H2,1-3H3. The number of aromatic hydroxyl groups is 1. The lowest BCUT2D eigenvalue weighted by atomic mass is 9.51. The van der Waals surface area contributed by atoms with E-state index in [1.54, 1.807) is 53.4 Å². The summed E-state index contributed by atoms with van der Waals surface area (Å²) >= 11 is 7.89. The average molecular weight is 811 g/mol. The van der Waals surface area contributed by atoms with Crippen LogP contribution in [0.1, 0.15) is 36.8 Å². The van der Waals surface area contributed by atoms with Crippen molar-refractivity contribution in [3.63, 3.8) is 0 Å². The molecule has 11 nitrogen and oxygen atoms in total. The van der Waals surface area contributed by atoms with Crippen LogP contribution in [0.3, 0.4) is 0 Å². The number of thiophene rings is 1. The number of benzene rings is 4. The van der Waals surface area contributed by atoms with Crippen LogP contribution in [0.4, 0.5) is 11.5 Å². The molecule has 0 radical (unpaired) electrons. The van der Waals surface area contributed by atoms with Gasteiger partial charge in [0.1, 0.15) is 17.3 Å². The average Bonchev–Trinajstić information content (AvgIpc) is 3.88. The number of carbonyl (C=O) groups excluding carboxylic acids is 4. The Bertz CT molecular complexity index is 2850. The molecule has 2 aromatic heterocycles. The van der Waals surface area contributed by atoms with Gasteiger partial charge >= 0.3 is 7.12 Å². The number of anilines is 2. The molecule has 1 saturated carbocycles. The fraction of sp³-hybridized carbons (Fsp3) is 0.250. The van der Waals surface area contributed by atoms with Gasteiger partial charge in [0.2, 0.25) is 23.6 Å². The number of fused-ring (bicyclic) bond motifs is 6. The molecule has 2 aliphatic heterocycles. The van der Waals surface area contributed by atoms with E-state index in [2.05, 4.69) is 0 Å². The zero-order chi connectivity index (χ0) is 40.5. The molecule has 3 fully saturated rings. The molecule has 3 N–H and O–H groups in total. The maximum atomic E-state index is 15.4. The van der Waals surface area contributed by atoms with Gasteiger partial charge in [0.15, 0.2) is 0 Å². The van der Waals surface area contributed by atoms with Crippen LogP contribution in [0.15, 0.2) is 96.6 Å². The lowest BCUT2D eigenvalue weighted by Crippen LogP contribution is -2.49. The molecule has 6 atom stereocenters. The fourth-order valence-electron chi connectivity index (χ4n) is 10.4. The number of aromatic nitrogens is 2. The monoisotopic (exact) mass is 810 g/mol. The molecule has 6 unspecified atom stereocenters. The summed E-state index contributed by atoms with van der Waals surface area (Å²) < 4.78 is 2.59. The molecule has 0 bridgehead atoms. The number of phenols is 1. The van der Waals surface area contributed by atoms with Crippen LogP contribution in [0.2, 0.25) is 5.02 Å². The Morgan fingerprint density at radius 3 is 2.41 bits per heavy atom. The van der Waals surface area contributed by atoms with Crippen molar-refractivity contribution in [3.05, 3.63) is 113 Å². The SMILES string of the molecule is Cc1c(-c2cc(N3C(=O)C4CC5C(=CCC6C(=O)N(c7cccc(B(O)O)c7)C(=O)C65)C(c5ccc(O)c6ccccc56)C4(C)C3=O)n(C)n2)sc2ccc(Cl)cc12. The molecule has 290 valence electrons. The summed E-state index contributed by atoms with van der Waals surface area (Å²) in [6.07, 6.45) is 2.38. The predicted octanol–water partition coefficient (Wildman–Crippen LogP) is 6.24. The van der Waals surface area contributed by atoms with E-state index in [1.807, 2.05) is 62.4 Å². The Labute approximate surface area is 341 Å². The van der Waals surface area contributed by atoms with Crippen LogP contribution < -0.4 is 15.3 Å². The second kappa shape index (κ2) is 13.0. The van der Waals surface area contributed by atoms with Gasteiger partial charge in [0, 0.05) is 34.1 Å². The van der Waals surface area contributed by atoms with Crippen molar-refractivity contribution in [1.82, 2.24) is 9.78 Å². The van der Waals surface area contributed by atoms with Crippen LogP contribution in [0, 0.1) is 36.0 Å². The molecule has 14 heteroatoms. The van der Waals surface area contributed by atoms with E-state index in [4.69, 9.17) is 16.7 Å². The number of amides is 4. The van der Waals surface area contributed by atoms with Gasteiger partial charge in [-0.3, -0.25) is 28.8 Å². The summed E-state index contributed by atoms with van der Waals surface area (Å²) in [6, 6.07) is 24.4. The normalized spacial score (nSPS) is 25.4. The smallest absolute Gasteiger partial charge is 0.488 e. The third-order valence-electron chi connectivity index (χ3n) is 13.2. The largest absolute Gasteiger partial charge is 0.507 e. The molecular formula is C44H36BClN4O7S. The Morgan fingerprint density at radius 2 is 1.64 bits per heavy atom. The molecule has 4 amide bonds. The van der Waals surface area contributed by atoms with E-state index in [0.29, 0.717) is 27.3 Å². The zero-order valence-corrected chi connectivity index (χ0v) is 33.2. The Morgan fingerprint density at radius 1 is 0.862 bits per heavy atom. The van der Waals surface area contributed by atoms with Gasteiger partial charge in [-0.2, -0.15) is 5.10 Å². The van der Waals surface area contributed by atoms with E-state index < -0.39 is 65.8 Å². The first kappa shape index (κ1) is 36.7. The third kappa shape index (κ3) is 5.03. The number of aryl methyl sites for hydroxylation is 2. The summed E-state index contributed by atoms with van der Waals surface area (Å²) in [4.78, 5) is 62.5. The minimum absolute atomic E-state index is 0.0743. The Balaban J connectivity index is 1.11. The highest BCUT2D eigenvalue weighted by atomic mass is 35.5. The summed E-state index contributed by atoms with van der Waals surface area (Å²) in [5.74, 6) is -4.92. The van der Waals surface area contributed by atoms with Gasteiger partial charge in [-0.25, -0.2) is 4.90 Å². The van der Waals surface area contributed by atoms with Crippen LogP contribution >= 0.6 is 22.9 Å². The van der Waals surface area contributed by atoms with Gasteiger partial charge in [-0.1, -0.05) is 65.7 Å². The maximum Gasteiger partial charge on any atom is 0.488 e. The first-order chi connectivity index (χ1) is 27.8. The first-order valence-corrected chi connectivity index (χ1v) is 20.3. The molecule has 6 aromatic rings. The summed E-state index contributed by atoms with van der Waals surface area (Å²) in [6.45, 7) is 3.84. The number of halogens is 1. The third-order valence-corrected chi connectivity index (χ3v) is 14.7. The quantitative estimate of drug-likeness (QED) is 0.105. The van der Waals surface area contributed by atoms with Gasteiger partial charge in [0.25, 0.3) is 0 Å². The second-order valence-corrected chi connectivity index (χ2v) is 17.6. The first-order valence-electron chi connectivity index (χ1n) is 19.2. The molecule has 4 aromatic carbocycles. The number of hydrogen-bond acceptors (Lipinski definition) is 9. The zero-order valence-electron chi connectivity index (χ0n) is 31.6. The summed E-state index contributed by atoms with van der Waals surface area (Å²) in [7, 11) is -0.0823. The highest BCUT2D eigenvalue weighted by molar-refractivity contribution is 7.22. The van der Waals surface area contributed by atoms with Crippen molar-refractivity contribution in [2.45, 2.75) is 32.6 Å². The molecule has 10 rings (SSSR count). The molecule has 4 heterocycles. The molecule has 4 aliphatic rings. The Kier molecular flexibility index (Phi) is 8.20. The lowest BCUT2D eigenvalue weighted by molar-refractivity contribution is -0.131. The summed E-state index contributed by atoms with van der Waals surface area (Å²) in [5.41, 5.74) is 2.20. The fourth-order valence-corrected chi connectivity index (χ4v) is 11.7. The van der Waals surface area contributed by atoms with Crippen LogP contribution in [0.25, 0.3) is 31.4 Å². The number of phenolic OH excluding ortho intramolecular Hbond substituents is 1. The number of rotatable bonds is 5. The van der Waals surface area contributed by atoms with Gasteiger partial charge in [0.05, 0.1) is 33.7 Å². The number of hydrogen-bond donors (Lipinski definition) is 3. The van der Waals surface area contributed by atoms with E-state index >= 15 is 9.59 Å². The van der Waals surface area contributed by atoms with Crippen molar-refractivity contribution >= 4 is 91.5 Å². The number of nitrogens with zero attached hydrogens (tertiary/aromatic N) is 4. The van der Waals surface area contributed by atoms with Crippen LogP contribution in [-0.4, -0.2) is 55.7 Å². The molecule has 58 heavy (non-hydrogen) atoms. The second-order valence-electron chi connectivity index (χ2n) is 16.1. The molecule has 2 aliphatic carbocycles. The minimum Gasteiger partial charge on any atom is -0.507 e. The van der Waals surface area contributed by atoms with E-state index in [9.17, 15) is 24.7 Å². The van der Waals surface area contributed by atoms with E-state index in [0.717, 1.165) is 36.6 Å². The topological polar surface area (TPSA) is 153 Å². The van der Waals surface area contributed by atoms with E-state index in [-0.39, 0.29) is 29.7 Å². The van der Waals surface area contributed by atoms with Gasteiger partial charge < -0.3 is 15.2 Å². The Hall–Kier alpha value is -5.60. The van der Waals surface area contributed by atoms with Crippen molar-refractivity contribution in [1.29, 1.82) is 0 Å². The minimum atomic E-state index is -1.79. The maximum absolute atomic E-state index is 15.4.